The number of likely N-dealkylation sites (tertiary alicyclic amines) is 1. The van der Waals surface area contributed by atoms with E-state index in [9.17, 15) is 24.3 Å². The zero-order valence-electron chi connectivity index (χ0n) is 64.1. The summed E-state index contributed by atoms with van der Waals surface area (Å²) in [6.07, 6.45) is 6.96. The fourth-order valence-electron chi connectivity index (χ4n) is 13.1. The molecular formula is C72H130N12O13. The van der Waals surface area contributed by atoms with E-state index in [1.54, 1.807) is 47.6 Å². The minimum Gasteiger partial charge on any atom is -0.390 e. The first kappa shape index (κ1) is 86.9. The summed E-state index contributed by atoms with van der Waals surface area (Å²) < 4.78 is 6.31. The number of aliphatic hydroxyl groups excluding tert-OH is 1. The van der Waals surface area contributed by atoms with Crippen LogP contribution in [-0.4, -0.2) is 276 Å². The van der Waals surface area contributed by atoms with Crippen LogP contribution in [0.15, 0.2) is 12.2 Å². The van der Waals surface area contributed by atoms with E-state index in [0.717, 1.165) is 37.4 Å². The van der Waals surface area contributed by atoms with Crippen molar-refractivity contribution in [2.45, 2.75) is 254 Å². The lowest BCUT2D eigenvalue weighted by Crippen LogP contribution is -2.64. The number of likely N-dealkylation sites (N-methyl/N-ethyl adjacent to an activating group) is 8. The molecule has 0 bridgehead atoms. The van der Waals surface area contributed by atoms with Crippen molar-refractivity contribution < 1.29 is 62.6 Å². The van der Waals surface area contributed by atoms with Crippen LogP contribution in [-0.2, 0) is 57.5 Å². The molecule has 25 nitrogen and oxygen atoms in total. The molecule has 2 aliphatic heterocycles. The maximum Gasteiger partial charge on any atom is 0.248 e. The summed E-state index contributed by atoms with van der Waals surface area (Å²) in [6.45, 7) is 32.8. The first-order chi connectivity index (χ1) is 45.1. The highest BCUT2D eigenvalue weighted by atomic mass is 16.5. The van der Waals surface area contributed by atoms with Crippen molar-refractivity contribution in [1.82, 2.24) is 60.0 Å². The van der Waals surface area contributed by atoms with Gasteiger partial charge in [0.05, 0.1) is 12.7 Å². The maximum atomic E-state index is 15.6. The number of rotatable bonds is 21. The van der Waals surface area contributed by atoms with Crippen LogP contribution in [0.2, 0.25) is 0 Å². The number of hydrogen-bond donors (Lipinski definition) is 4. The van der Waals surface area contributed by atoms with Crippen LogP contribution < -0.4 is 16.0 Å². The van der Waals surface area contributed by atoms with Gasteiger partial charge in [-0.15, -0.1) is 0 Å². The van der Waals surface area contributed by atoms with Crippen LogP contribution in [0.1, 0.15) is 182 Å². The molecule has 2 saturated heterocycles. The molecule has 0 aromatic carbocycles. The zero-order chi connectivity index (χ0) is 74.4. The smallest absolute Gasteiger partial charge is 0.248 e. The molecule has 25 heteroatoms. The first-order valence-electron chi connectivity index (χ1n) is 35.8. The summed E-state index contributed by atoms with van der Waals surface area (Å²) in [6, 6.07) is -14.0. The van der Waals surface area contributed by atoms with E-state index < -0.39 is 155 Å². The standard InChI is InChI=1S/C72H130N12O13/c1-26-28-33-49(15)61(85)60-72(96)76(18)52(27-2)66(90)81(23)57(42-97-37-32-36-84-34-30-29-31-35-84)69(93)77(19)54(39-44(5)6)64(88)75-58(47(11)12)70(94)78(20)53(38-43(3)4)63(87)73-50(16)62(86)74-51(17)65(89)79(21)55(40-45(7)8)67(91)80(22)56(41-46(9)10)68(92)82(24)59(48(13)14)71(95)83(60)25/h26,28,43-61,85H,27,29-42H2,1-25H3,(H,73,87)(H,74,86)(H,75,88)/b28-26+/t49-,50+,51-,52+,53+,54+,55+,56+,57-,58+,59+,60+,61-/m1/s1. The van der Waals surface area contributed by atoms with Crippen molar-refractivity contribution in [3.63, 3.8) is 0 Å². The molecule has 11 amide bonds. The van der Waals surface area contributed by atoms with E-state index in [2.05, 4.69) is 20.9 Å². The summed E-state index contributed by atoms with van der Waals surface area (Å²) in [5.41, 5.74) is 0. The summed E-state index contributed by atoms with van der Waals surface area (Å²) in [4.78, 5) is 178. The summed E-state index contributed by atoms with van der Waals surface area (Å²) in [7, 11) is 11.5. The van der Waals surface area contributed by atoms with Gasteiger partial charge in [0.25, 0.3) is 0 Å². The first-order valence-corrected chi connectivity index (χ1v) is 35.8. The summed E-state index contributed by atoms with van der Waals surface area (Å²) in [5, 5.41) is 20.8. The van der Waals surface area contributed by atoms with Crippen LogP contribution >= 0.6 is 0 Å². The third kappa shape index (κ3) is 24.6. The van der Waals surface area contributed by atoms with Gasteiger partial charge >= 0.3 is 0 Å². The SMILES string of the molecule is C/C=C/C[C@@H](C)[C@@H](O)[C@H]1C(=O)N(C)[C@@H](CC)C(=O)N(C)[C@H](COCCCN2CCCCC2)C(=O)N(C)[C@@H](CC(C)C)C(=O)N[C@@H](C(C)C)C(=O)N(C)[C@@H](CC(C)C)C(=O)N[C@@H](C)C(=O)N[C@H](C)C(=O)N(C)[C@@H](CC(C)C)C(=O)N(C)[C@@H](CC(C)C)C(=O)N(C)[C@@H](C(C)C)C(=O)N1C. The largest absolute Gasteiger partial charge is 0.390 e. The number of amides is 11. The predicted molar refractivity (Wildman–Crippen MR) is 378 cm³/mol. The van der Waals surface area contributed by atoms with Crippen LogP contribution in [0.3, 0.4) is 0 Å². The number of aliphatic hydroxyl groups is 1. The topological polar surface area (TPSA) is 282 Å². The Morgan fingerprint density at radius 3 is 1.32 bits per heavy atom. The second-order valence-electron chi connectivity index (χ2n) is 30.0. The maximum absolute atomic E-state index is 15.6. The molecule has 2 fully saturated rings. The number of carbonyl (C=O) groups excluding carboxylic acids is 11. The molecule has 556 valence electrons. The van der Waals surface area contributed by atoms with E-state index in [4.69, 9.17) is 4.74 Å². The van der Waals surface area contributed by atoms with Gasteiger partial charge < -0.3 is 69.9 Å². The fourth-order valence-corrected chi connectivity index (χ4v) is 13.1. The lowest BCUT2D eigenvalue weighted by atomic mass is 9.91. The Bertz CT molecular complexity index is 2630. The third-order valence-electron chi connectivity index (χ3n) is 19.3. The van der Waals surface area contributed by atoms with Crippen molar-refractivity contribution in [3.05, 3.63) is 12.2 Å². The van der Waals surface area contributed by atoms with Crippen molar-refractivity contribution >= 4 is 65.0 Å². The summed E-state index contributed by atoms with van der Waals surface area (Å²) in [5.74, 6) is -9.85. The predicted octanol–water partition coefficient (Wildman–Crippen LogP) is 4.87. The van der Waals surface area contributed by atoms with Gasteiger partial charge in [-0.1, -0.05) is 116 Å². The Kier molecular flexibility index (Phi) is 36.5. The average molecular weight is 1370 g/mol. The van der Waals surface area contributed by atoms with Gasteiger partial charge in [-0.2, -0.15) is 0 Å². The highest BCUT2D eigenvalue weighted by Crippen LogP contribution is 2.27. The Balaban J connectivity index is 3.13. The molecule has 0 unspecified atom stereocenters. The van der Waals surface area contributed by atoms with Crippen molar-refractivity contribution in [3.8, 4) is 0 Å². The third-order valence-corrected chi connectivity index (χ3v) is 19.3. The van der Waals surface area contributed by atoms with Crippen LogP contribution in [0.25, 0.3) is 0 Å². The molecule has 97 heavy (non-hydrogen) atoms. The van der Waals surface area contributed by atoms with Crippen LogP contribution in [0.4, 0.5) is 0 Å². The van der Waals surface area contributed by atoms with E-state index in [-0.39, 0.29) is 69.0 Å². The molecule has 0 saturated carbocycles. The molecule has 2 aliphatic rings. The van der Waals surface area contributed by atoms with Crippen LogP contribution in [0.5, 0.6) is 0 Å². The quantitative estimate of drug-likeness (QED) is 0.0882. The van der Waals surface area contributed by atoms with Gasteiger partial charge in [-0.25, -0.2) is 0 Å². The van der Waals surface area contributed by atoms with E-state index >= 15 is 33.6 Å². The van der Waals surface area contributed by atoms with Gasteiger partial charge in [-0.05, 0) is 133 Å². The highest BCUT2D eigenvalue weighted by Gasteiger charge is 2.48. The zero-order valence-corrected chi connectivity index (χ0v) is 64.1. The minimum absolute atomic E-state index is 0.00889. The molecule has 4 N–H and O–H groups in total. The molecule has 0 spiro atoms. The van der Waals surface area contributed by atoms with Gasteiger partial charge in [0.2, 0.25) is 65.0 Å². The molecule has 13 atom stereocenters. The number of allylic oxidation sites excluding steroid dienone is 2. The van der Waals surface area contributed by atoms with Crippen LogP contribution in [0, 0.1) is 41.4 Å². The monoisotopic (exact) mass is 1370 g/mol. The molecule has 2 rings (SSSR count). The highest BCUT2D eigenvalue weighted by molar-refractivity contribution is 6.00. The van der Waals surface area contributed by atoms with Gasteiger partial charge in [-0.3, -0.25) is 52.7 Å². The second-order valence-corrected chi connectivity index (χ2v) is 30.0. The second kappa shape index (κ2) is 40.8. The van der Waals surface area contributed by atoms with Crippen molar-refractivity contribution in [1.29, 1.82) is 0 Å². The Morgan fingerprint density at radius 2 is 0.845 bits per heavy atom. The number of ether oxygens (including phenoxy) is 1. The lowest BCUT2D eigenvalue weighted by molar-refractivity contribution is -0.161. The Labute approximate surface area is 582 Å². The molecule has 0 aromatic heterocycles. The van der Waals surface area contributed by atoms with Gasteiger partial charge in [0.1, 0.15) is 66.5 Å². The van der Waals surface area contributed by atoms with Crippen molar-refractivity contribution in [2.24, 2.45) is 41.4 Å². The van der Waals surface area contributed by atoms with Gasteiger partial charge in [0.15, 0.2) is 0 Å². The number of piperidine rings is 1. The summed E-state index contributed by atoms with van der Waals surface area (Å²) >= 11 is 0. The van der Waals surface area contributed by atoms with E-state index in [1.807, 2.05) is 68.4 Å². The number of hydrogen-bond acceptors (Lipinski definition) is 14. The molecule has 0 radical (unpaired) electrons. The molecule has 0 aliphatic carbocycles. The Hall–Kier alpha value is -6.21. The number of nitrogens with one attached hydrogen (secondary N) is 3. The van der Waals surface area contributed by atoms with Gasteiger partial charge in [0, 0.05) is 69.5 Å². The van der Waals surface area contributed by atoms with Crippen molar-refractivity contribution in [2.75, 3.05) is 89.2 Å². The Morgan fingerprint density at radius 1 is 0.454 bits per heavy atom. The fraction of sp³-hybridized carbons (Fsp3) is 0.819. The van der Waals surface area contributed by atoms with E-state index in [0.29, 0.717) is 12.8 Å². The molecular weight excluding hydrogens is 1240 g/mol. The average Bonchev–Trinajstić information content (AvgIpc) is 0.804. The molecule has 0 aromatic rings. The normalized spacial score (nSPS) is 27.1. The molecule has 2 heterocycles. The number of carbonyl (C=O) groups is 11. The number of nitrogens with zero attached hydrogens (tertiary/aromatic N) is 9. The lowest BCUT2D eigenvalue weighted by Gasteiger charge is -2.43. The van der Waals surface area contributed by atoms with E-state index in [1.165, 1.54) is 111 Å². The minimum atomic E-state index is -1.63.